The smallest absolute Gasteiger partial charge is 0.307 e. The Hall–Kier alpha value is -1.90. The predicted octanol–water partition coefficient (Wildman–Crippen LogP) is 2.17. The molecule has 0 aliphatic carbocycles. The number of carbonyl (C=O) groups is 1. The second kappa shape index (κ2) is 3.69. The van der Waals surface area contributed by atoms with Gasteiger partial charge in [0.25, 0.3) is 0 Å². The van der Waals surface area contributed by atoms with Crippen molar-refractivity contribution >= 4 is 16.9 Å². The second-order valence-corrected chi connectivity index (χ2v) is 3.55. The van der Waals surface area contributed by atoms with Crippen LogP contribution in [-0.2, 0) is 11.2 Å². The van der Waals surface area contributed by atoms with Crippen molar-refractivity contribution in [1.29, 1.82) is 0 Å². The van der Waals surface area contributed by atoms with Gasteiger partial charge in [0.15, 0.2) is 0 Å². The quantitative estimate of drug-likeness (QED) is 0.810. The first kappa shape index (κ1) is 9.65. The Balaban J connectivity index is 2.52. The van der Waals surface area contributed by atoms with Crippen LogP contribution in [0.4, 0.5) is 0 Å². The lowest BCUT2D eigenvalue weighted by Gasteiger charge is -2.02. The molecule has 0 atom stereocenters. The fourth-order valence-electron chi connectivity index (χ4n) is 1.62. The molecule has 0 radical (unpaired) electrons. The standard InChI is InChI=1S/C12H11NO2/c1-8-4-5-13-11-6-9(7-12(14)15)2-3-10(8)11/h2-6H,7H2,1H3,(H,14,15). The van der Waals surface area contributed by atoms with E-state index in [0.29, 0.717) is 0 Å². The van der Waals surface area contributed by atoms with Gasteiger partial charge in [-0.3, -0.25) is 9.78 Å². The predicted molar refractivity (Wildman–Crippen MR) is 57.8 cm³/mol. The molecule has 2 rings (SSSR count). The van der Waals surface area contributed by atoms with Gasteiger partial charge in [-0.15, -0.1) is 0 Å². The summed E-state index contributed by atoms with van der Waals surface area (Å²) in [5.41, 5.74) is 2.80. The van der Waals surface area contributed by atoms with E-state index >= 15 is 0 Å². The molecule has 0 saturated heterocycles. The van der Waals surface area contributed by atoms with Crippen molar-refractivity contribution in [3.05, 3.63) is 41.6 Å². The third-order valence-electron chi connectivity index (χ3n) is 2.38. The van der Waals surface area contributed by atoms with Gasteiger partial charge in [0, 0.05) is 11.6 Å². The van der Waals surface area contributed by atoms with E-state index in [1.54, 1.807) is 6.20 Å². The Morgan fingerprint density at radius 3 is 2.93 bits per heavy atom. The van der Waals surface area contributed by atoms with Crippen LogP contribution in [0.2, 0.25) is 0 Å². The van der Waals surface area contributed by atoms with Crippen LogP contribution in [0.25, 0.3) is 10.9 Å². The molecule has 0 saturated carbocycles. The topological polar surface area (TPSA) is 50.2 Å². The van der Waals surface area contributed by atoms with Crippen molar-refractivity contribution in [3.8, 4) is 0 Å². The third-order valence-corrected chi connectivity index (χ3v) is 2.38. The molecule has 1 heterocycles. The molecule has 0 unspecified atom stereocenters. The molecule has 15 heavy (non-hydrogen) atoms. The van der Waals surface area contributed by atoms with Gasteiger partial charge in [0.1, 0.15) is 0 Å². The zero-order valence-electron chi connectivity index (χ0n) is 8.40. The maximum Gasteiger partial charge on any atom is 0.307 e. The Morgan fingerprint density at radius 1 is 1.40 bits per heavy atom. The summed E-state index contributed by atoms with van der Waals surface area (Å²) in [6, 6.07) is 7.54. The van der Waals surface area contributed by atoms with Crippen LogP contribution in [0.5, 0.6) is 0 Å². The highest BCUT2D eigenvalue weighted by atomic mass is 16.4. The molecule has 0 bridgehead atoms. The summed E-state index contributed by atoms with van der Waals surface area (Å²) in [5.74, 6) is -0.818. The van der Waals surface area contributed by atoms with E-state index in [9.17, 15) is 4.79 Å². The van der Waals surface area contributed by atoms with Crippen LogP contribution in [0.3, 0.4) is 0 Å². The van der Waals surface area contributed by atoms with Gasteiger partial charge in [0.05, 0.1) is 11.9 Å². The monoisotopic (exact) mass is 201 g/mol. The molecule has 0 aliphatic heterocycles. The lowest BCUT2D eigenvalue weighted by Crippen LogP contribution is -1.99. The van der Waals surface area contributed by atoms with E-state index in [0.717, 1.165) is 22.0 Å². The van der Waals surface area contributed by atoms with Crippen molar-refractivity contribution in [2.24, 2.45) is 0 Å². The first-order valence-corrected chi connectivity index (χ1v) is 4.73. The van der Waals surface area contributed by atoms with Gasteiger partial charge in [-0.25, -0.2) is 0 Å². The Bertz CT molecular complexity index is 520. The van der Waals surface area contributed by atoms with Crippen LogP contribution in [0, 0.1) is 6.92 Å². The lowest BCUT2D eigenvalue weighted by atomic mass is 10.1. The lowest BCUT2D eigenvalue weighted by molar-refractivity contribution is -0.136. The second-order valence-electron chi connectivity index (χ2n) is 3.55. The van der Waals surface area contributed by atoms with Gasteiger partial charge >= 0.3 is 5.97 Å². The Morgan fingerprint density at radius 2 is 2.20 bits per heavy atom. The molecule has 0 spiro atoms. The SMILES string of the molecule is Cc1ccnc2cc(CC(=O)O)ccc12. The van der Waals surface area contributed by atoms with Crippen molar-refractivity contribution in [1.82, 2.24) is 4.98 Å². The number of rotatable bonds is 2. The molecule has 3 heteroatoms. The summed E-state index contributed by atoms with van der Waals surface area (Å²) >= 11 is 0. The van der Waals surface area contributed by atoms with Crippen molar-refractivity contribution in [2.75, 3.05) is 0 Å². The van der Waals surface area contributed by atoms with Crippen molar-refractivity contribution < 1.29 is 9.90 Å². The minimum atomic E-state index is -0.818. The highest BCUT2D eigenvalue weighted by molar-refractivity contribution is 5.83. The van der Waals surface area contributed by atoms with Crippen LogP contribution >= 0.6 is 0 Å². The summed E-state index contributed by atoms with van der Waals surface area (Å²) in [4.78, 5) is 14.8. The van der Waals surface area contributed by atoms with Crippen LogP contribution in [-0.4, -0.2) is 16.1 Å². The summed E-state index contributed by atoms with van der Waals surface area (Å²) in [7, 11) is 0. The molecule has 1 N–H and O–H groups in total. The number of carboxylic acids is 1. The third kappa shape index (κ3) is 1.96. The van der Waals surface area contributed by atoms with Crippen molar-refractivity contribution in [2.45, 2.75) is 13.3 Å². The fourth-order valence-corrected chi connectivity index (χ4v) is 1.62. The molecular weight excluding hydrogens is 190 g/mol. The molecule has 0 amide bonds. The zero-order chi connectivity index (χ0) is 10.8. The number of pyridine rings is 1. The first-order valence-electron chi connectivity index (χ1n) is 4.73. The maximum absolute atomic E-state index is 10.6. The van der Waals surface area contributed by atoms with E-state index in [-0.39, 0.29) is 6.42 Å². The highest BCUT2D eigenvalue weighted by Crippen LogP contribution is 2.17. The van der Waals surface area contributed by atoms with Crippen LogP contribution in [0.15, 0.2) is 30.5 Å². The molecule has 0 aliphatic rings. The molecule has 0 fully saturated rings. The number of hydrogen-bond acceptors (Lipinski definition) is 2. The van der Waals surface area contributed by atoms with Gasteiger partial charge in [-0.1, -0.05) is 12.1 Å². The largest absolute Gasteiger partial charge is 0.481 e. The maximum atomic E-state index is 10.6. The van der Waals surface area contributed by atoms with Gasteiger partial charge in [0.2, 0.25) is 0 Å². The van der Waals surface area contributed by atoms with Crippen LogP contribution in [0.1, 0.15) is 11.1 Å². The number of hydrogen-bond donors (Lipinski definition) is 1. The van der Waals surface area contributed by atoms with Gasteiger partial charge < -0.3 is 5.11 Å². The molecule has 2 aromatic rings. The molecule has 76 valence electrons. The van der Waals surface area contributed by atoms with Gasteiger partial charge in [-0.05, 0) is 30.2 Å². The molecular formula is C12H11NO2. The minimum Gasteiger partial charge on any atom is -0.481 e. The highest BCUT2D eigenvalue weighted by Gasteiger charge is 2.03. The summed E-state index contributed by atoms with van der Waals surface area (Å²) in [6.07, 6.45) is 1.79. The number of nitrogens with zero attached hydrogens (tertiary/aromatic N) is 1. The first-order chi connectivity index (χ1) is 7.16. The van der Waals surface area contributed by atoms with Gasteiger partial charge in [-0.2, -0.15) is 0 Å². The van der Waals surface area contributed by atoms with E-state index in [2.05, 4.69) is 4.98 Å². The van der Waals surface area contributed by atoms with E-state index in [1.807, 2.05) is 31.2 Å². The zero-order valence-corrected chi connectivity index (χ0v) is 8.40. The van der Waals surface area contributed by atoms with E-state index in [1.165, 1.54) is 0 Å². The van der Waals surface area contributed by atoms with E-state index in [4.69, 9.17) is 5.11 Å². The number of fused-ring (bicyclic) bond motifs is 1. The summed E-state index contributed by atoms with van der Waals surface area (Å²) in [5, 5.41) is 9.75. The Kier molecular flexibility index (Phi) is 2.37. The minimum absolute atomic E-state index is 0.0472. The summed E-state index contributed by atoms with van der Waals surface area (Å²) in [6.45, 7) is 2.01. The average molecular weight is 201 g/mol. The number of aliphatic carboxylic acids is 1. The normalized spacial score (nSPS) is 10.5. The molecule has 1 aromatic heterocycles. The number of benzene rings is 1. The number of carboxylic acid groups (broad SMARTS) is 1. The van der Waals surface area contributed by atoms with Crippen LogP contribution < -0.4 is 0 Å². The van der Waals surface area contributed by atoms with E-state index < -0.39 is 5.97 Å². The Labute approximate surface area is 87.4 Å². The fraction of sp³-hybridized carbons (Fsp3) is 0.167. The number of aryl methyl sites for hydroxylation is 1. The number of aromatic nitrogens is 1. The average Bonchev–Trinajstić information content (AvgIpc) is 2.17. The van der Waals surface area contributed by atoms with Crippen molar-refractivity contribution in [3.63, 3.8) is 0 Å². The summed E-state index contributed by atoms with van der Waals surface area (Å²) < 4.78 is 0. The molecule has 1 aromatic carbocycles. The molecule has 3 nitrogen and oxygen atoms in total.